The number of fused-ring (bicyclic) bond motifs is 1. The average Bonchev–Trinajstić information content (AvgIpc) is 2.78. The largest absolute Gasteiger partial charge is 0.383 e. The minimum Gasteiger partial charge on any atom is -0.383 e. The van der Waals surface area contributed by atoms with Gasteiger partial charge in [-0.2, -0.15) is 0 Å². The molecule has 2 atom stereocenters. The number of aromatic nitrogens is 2. The molecule has 2 aliphatic heterocycles. The Kier molecular flexibility index (Phi) is 5.40. The summed E-state index contributed by atoms with van der Waals surface area (Å²) < 4.78 is 5.16. The molecule has 2 fully saturated rings. The van der Waals surface area contributed by atoms with E-state index in [9.17, 15) is 9.59 Å². The number of carbonyl (C=O) groups excluding carboxylic acids is 2. The highest BCUT2D eigenvalue weighted by Crippen LogP contribution is 2.30. The molecule has 0 aliphatic carbocycles. The molecule has 0 N–H and O–H groups in total. The highest BCUT2D eigenvalue weighted by atomic mass is 16.5. The molecule has 0 aromatic carbocycles. The minimum atomic E-state index is -0.0203. The Morgan fingerprint density at radius 1 is 1.33 bits per heavy atom. The molecule has 1 aromatic rings. The van der Waals surface area contributed by atoms with Gasteiger partial charge in [-0.3, -0.25) is 9.59 Å². The molecule has 3 heterocycles. The van der Waals surface area contributed by atoms with Crippen LogP contribution < -0.4 is 0 Å². The van der Waals surface area contributed by atoms with Gasteiger partial charge in [-0.15, -0.1) is 0 Å². The van der Waals surface area contributed by atoms with E-state index >= 15 is 0 Å². The van der Waals surface area contributed by atoms with Crippen LogP contribution in [0.2, 0.25) is 0 Å². The number of hydrogen-bond donors (Lipinski definition) is 0. The van der Waals surface area contributed by atoms with Crippen molar-refractivity contribution in [2.75, 3.05) is 33.4 Å². The van der Waals surface area contributed by atoms with Crippen LogP contribution >= 0.6 is 0 Å². The molecule has 2 saturated heterocycles. The van der Waals surface area contributed by atoms with Gasteiger partial charge in [-0.25, -0.2) is 9.97 Å². The summed E-state index contributed by atoms with van der Waals surface area (Å²) in [7, 11) is 1.66. The molecule has 0 bridgehead atoms. The fourth-order valence-corrected chi connectivity index (χ4v) is 3.81. The smallest absolute Gasteiger partial charge is 0.257 e. The van der Waals surface area contributed by atoms with Gasteiger partial charge in [0, 0.05) is 51.6 Å². The van der Waals surface area contributed by atoms with E-state index in [0.29, 0.717) is 44.1 Å². The molecule has 130 valence electrons. The summed E-state index contributed by atoms with van der Waals surface area (Å²) in [6.45, 7) is 2.54. The van der Waals surface area contributed by atoms with Crippen molar-refractivity contribution in [3.63, 3.8) is 0 Å². The third kappa shape index (κ3) is 3.56. The maximum Gasteiger partial charge on any atom is 0.257 e. The van der Waals surface area contributed by atoms with Gasteiger partial charge in [-0.05, 0) is 25.2 Å². The normalized spacial score (nSPS) is 24.5. The summed E-state index contributed by atoms with van der Waals surface area (Å²) in [5.41, 5.74) is 0.525. The first kappa shape index (κ1) is 16.8. The van der Waals surface area contributed by atoms with Crippen molar-refractivity contribution in [2.45, 2.75) is 31.7 Å². The number of rotatable bonds is 4. The molecule has 3 rings (SSSR count). The van der Waals surface area contributed by atoms with E-state index in [4.69, 9.17) is 4.74 Å². The van der Waals surface area contributed by atoms with Crippen LogP contribution in [0.15, 0.2) is 18.7 Å². The van der Waals surface area contributed by atoms with Crippen LogP contribution in [-0.2, 0) is 9.53 Å². The third-order valence-corrected chi connectivity index (χ3v) is 5.01. The predicted octanol–water partition coefficient (Wildman–Crippen LogP) is 0.966. The molecule has 0 spiro atoms. The van der Waals surface area contributed by atoms with Crippen LogP contribution in [0.1, 0.15) is 36.0 Å². The average molecular weight is 332 g/mol. The molecule has 2 amide bonds. The predicted molar refractivity (Wildman–Crippen MR) is 87.3 cm³/mol. The van der Waals surface area contributed by atoms with Crippen molar-refractivity contribution in [1.82, 2.24) is 19.8 Å². The van der Waals surface area contributed by atoms with Crippen molar-refractivity contribution in [3.05, 3.63) is 24.3 Å². The second kappa shape index (κ2) is 7.70. The highest BCUT2D eigenvalue weighted by molar-refractivity contribution is 5.93. The van der Waals surface area contributed by atoms with Gasteiger partial charge in [0.2, 0.25) is 5.91 Å². The second-order valence-corrected chi connectivity index (χ2v) is 6.47. The minimum absolute atomic E-state index is 0.0203. The number of carbonyl (C=O) groups is 2. The lowest BCUT2D eigenvalue weighted by Gasteiger charge is -2.42. The fourth-order valence-electron chi connectivity index (χ4n) is 3.81. The van der Waals surface area contributed by atoms with Crippen LogP contribution in [-0.4, -0.2) is 71.0 Å². The van der Waals surface area contributed by atoms with Crippen LogP contribution in [0.4, 0.5) is 0 Å². The topological polar surface area (TPSA) is 75.6 Å². The molecule has 0 radical (unpaired) electrons. The Balaban J connectivity index is 1.70. The van der Waals surface area contributed by atoms with E-state index in [0.717, 1.165) is 19.3 Å². The Bertz CT molecular complexity index is 580. The first-order valence-electron chi connectivity index (χ1n) is 8.53. The SMILES string of the molecule is COCCN1C(=O)CCC[C@H]2CN(C(=O)c3cncnc3)CC[C@H]21. The zero-order valence-corrected chi connectivity index (χ0v) is 14.1. The van der Waals surface area contributed by atoms with Gasteiger partial charge < -0.3 is 14.5 Å². The summed E-state index contributed by atoms with van der Waals surface area (Å²) in [6.07, 6.45) is 7.82. The quantitative estimate of drug-likeness (QED) is 0.821. The lowest BCUT2D eigenvalue weighted by atomic mass is 9.88. The first-order chi connectivity index (χ1) is 11.7. The van der Waals surface area contributed by atoms with Crippen molar-refractivity contribution in [2.24, 2.45) is 5.92 Å². The van der Waals surface area contributed by atoms with Gasteiger partial charge in [0.1, 0.15) is 6.33 Å². The Labute approximate surface area is 142 Å². The summed E-state index contributed by atoms with van der Waals surface area (Å²) in [4.78, 5) is 36.7. The van der Waals surface area contributed by atoms with Crippen molar-refractivity contribution in [1.29, 1.82) is 0 Å². The second-order valence-electron chi connectivity index (χ2n) is 6.47. The number of amides is 2. The molecule has 0 saturated carbocycles. The zero-order valence-electron chi connectivity index (χ0n) is 14.1. The molecule has 7 heteroatoms. The van der Waals surface area contributed by atoms with E-state index in [1.807, 2.05) is 9.80 Å². The lowest BCUT2D eigenvalue weighted by molar-refractivity contribution is -0.135. The summed E-state index contributed by atoms with van der Waals surface area (Å²) in [6, 6.07) is 0.214. The maximum absolute atomic E-state index is 12.6. The number of piperidine rings is 1. The molecule has 1 aromatic heterocycles. The van der Waals surface area contributed by atoms with E-state index in [1.54, 1.807) is 19.5 Å². The van der Waals surface area contributed by atoms with Crippen LogP contribution in [0.5, 0.6) is 0 Å². The van der Waals surface area contributed by atoms with Crippen LogP contribution in [0, 0.1) is 5.92 Å². The van der Waals surface area contributed by atoms with Crippen molar-refractivity contribution in [3.8, 4) is 0 Å². The molecule has 2 aliphatic rings. The molecule has 0 unspecified atom stereocenters. The van der Waals surface area contributed by atoms with Crippen molar-refractivity contribution < 1.29 is 14.3 Å². The van der Waals surface area contributed by atoms with Gasteiger partial charge in [0.15, 0.2) is 0 Å². The van der Waals surface area contributed by atoms with Gasteiger partial charge in [0.05, 0.1) is 12.2 Å². The van der Waals surface area contributed by atoms with Gasteiger partial charge >= 0.3 is 0 Å². The molecule has 24 heavy (non-hydrogen) atoms. The number of likely N-dealkylation sites (tertiary alicyclic amines) is 2. The van der Waals surface area contributed by atoms with E-state index in [-0.39, 0.29) is 17.9 Å². The van der Waals surface area contributed by atoms with E-state index in [2.05, 4.69) is 9.97 Å². The van der Waals surface area contributed by atoms with Gasteiger partial charge in [0.25, 0.3) is 5.91 Å². The monoisotopic (exact) mass is 332 g/mol. The van der Waals surface area contributed by atoms with Crippen molar-refractivity contribution >= 4 is 11.8 Å². The summed E-state index contributed by atoms with van der Waals surface area (Å²) in [5, 5.41) is 0. The standard InChI is InChI=1S/C17H24N4O3/c1-24-8-7-21-15-5-6-20(11-13(15)3-2-4-16(21)22)17(23)14-9-18-12-19-10-14/h9-10,12-13,15H,2-8,11H2,1H3/t13-,15+/m0/s1. The maximum atomic E-state index is 12.6. The highest BCUT2D eigenvalue weighted by Gasteiger charge is 2.38. The number of nitrogens with zero attached hydrogens (tertiary/aromatic N) is 4. The third-order valence-electron chi connectivity index (χ3n) is 5.01. The van der Waals surface area contributed by atoms with Crippen LogP contribution in [0.25, 0.3) is 0 Å². The fraction of sp³-hybridized carbons (Fsp3) is 0.647. The Hall–Kier alpha value is -2.02. The van der Waals surface area contributed by atoms with Crippen LogP contribution in [0.3, 0.4) is 0 Å². The Morgan fingerprint density at radius 3 is 2.88 bits per heavy atom. The first-order valence-corrected chi connectivity index (χ1v) is 8.53. The van der Waals surface area contributed by atoms with Gasteiger partial charge in [-0.1, -0.05) is 0 Å². The molecular formula is C17H24N4O3. The van der Waals surface area contributed by atoms with E-state index in [1.165, 1.54) is 6.33 Å². The zero-order chi connectivity index (χ0) is 16.9. The van der Waals surface area contributed by atoms with E-state index < -0.39 is 0 Å². The Morgan fingerprint density at radius 2 is 2.12 bits per heavy atom. The molecular weight excluding hydrogens is 308 g/mol. The molecule has 7 nitrogen and oxygen atoms in total. The summed E-state index contributed by atoms with van der Waals surface area (Å²) in [5.74, 6) is 0.527. The number of hydrogen-bond acceptors (Lipinski definition) is 5. The number of ether oxygens (including phenoxy) is 1. The number of methoxy groups -OCH3 is 1. The lowest BCUT2D eigenvalue weighted by Crippen LogP contribution is -2.53. The summed E-state index contributed by atoms with van der Waals surface area (Å²) >= 11 is 0.